The molecule has 56 heavy (non-hydrogen) atoms. The third kappa shape index (κ3) is 5.71. The van der Waals surface area contributed by atoms with Crippen molar-refractivity contribution in [1.29, 1.82) is 0 Å². The number of rotatable bonds is 7. The zero-order chi connectivity index (χ0) is 38.9. The molecule has 0 saturated heterocycles. The molecule has 5 heterocycles. The maximum Gasteiger partial charge on any atom is 0.586 e. The molecule has 0 bridgehead atoms. The molecule has 14 nitrogen and oxygen atoms in total. The predicted molar refractivity (Wildman–Crippen MR) is 192 cm³/mol. The van der Waals surface area contributed by atoms with Gasteiger partial charge < -0.3 is 23.2 Å². The lowest BCUT2D eigenvalue weighted by molar-refractivity contribution is -0.385. The van der Waals surface area contributed by atoms with Gasteiger partial charge in [0.2, 0.25) is 0 Å². The topological polar surface area (TPSA) is 173 Å². The van der Waals surface area contributed by atoms with Gasteiger partial charge >= 0.3 is 6.29 Å². The molecule has 0 aliphatic carbocycles. The molecule has 0 fully saturated rings. The van der Waals surface area contributed by atoms with Crippen LogP contribution in [0.4, 0.5) is 20.2 Å². The van der Waals surface area contributed by atoms with Gasteiger partial charge in [0.25, 0.3) is 23.2 Å². The maximum absolute atomic E-state index is 14.7. The van der Waals surface area contributed by atoms with Gasteiger partial charge in [0, 0.05) is 47.3 Å². The molecule has 278 valence electrons. The minimum absolute atomic E-state index is 0.105. The highest BCUT2D eigenvalue weighted by Gasteiger charge is 2.45. The summed E-state index contributed by atoms with van der Waals surface area (Å²) in [7, 11) is 0. The highest BCUT2D eigenvalue weighted by atomic mass is 19.3. The second-order valence-corrected chi connectivity index (χ2v) is 13.0. The number of amides is 1. The van der Waals surface area contributed by atoms with Crippen LogP contribution < -0.4 is 9.47 Å². The number of carbonyl (C=O) groups excluding carboxylic acids is 2. The average Bonchev–Trinajstić information content (AvgIpc) is 4.01. The summed E-state index contributed by atoms with van der Waals surface area (Å²) >= 11 is 0. The van der Waals surface area contributed by atoms with Gasteiger partial charge in [0.1, 0.15) is 11.5 Å². The number of hydrogen-bond acceptors (Lipinski definition) is 10. The molecule has 1 unspecified atom stereocenters. The van der Waals surface area contributed by atoms with E-state index in [2.05, 4.69) is 4.74 Å². The standard InChI is InChI=1S/C40H24F2N4O10/c41-40(42)55-32-12-11-24(21-35(32)56-40)36-37-28(17-18-43(36)38(47)33-15-13-30(53-33)22-5-3-7-25(19-22)45(49)50)27-9-1-2-10-29(27)44(37)39(48)34-16-14-31(54-34)23-6-4-8-26(20-23)46(51)52/h1-16,19-21,36H,17-18H2. The summed E-state index contributed by atoms with van der Waals surface area (Å²) < 4.78 is 51.3. The van der Waals surface area contributed by atoms with Gasteiger partial charge in [0.15, 0.2) is 23.0 Å². The molecule has 16 heteroatoms. The Balaban J connectivity index is 1.18. The van der Waals surface area contributed by atoms with Crippen LogP contribution in [-0.4, -0.2) is 44.0 Å². The fourth-order valence-electron chi connectivity index (χ4n) is 7.31. The zero-order valence-electron chi connectivity index (χ0n) is 28.6. The molecule has 1 atom stereocenters. The van der Waals surface area contributed by atoms with Crippen LogP contribution in [-0.2, 0) is 6.42 Å². The minimum atomic E-state index is -3.92. The second kappa shape index (κ2) is 12.8. The average molecular weight is 759 g/mol. The molecule has 4 aromatic carbocycles. The van der Waals surface area contributed by atoms with E-state index in [0.717, 1.165) is 0 Å². The number of nitro benzene ring substituents is 2. The number of hydrogen-bond donors (Lipinski definition) is 0. The predicted octanol–water partition coefficient (Wildman–Crippen LogP) is 8.78. The van der Waals surface area contributed by atoms with Gasteiger partial charge in [-0.15, -0.1) is 8.78 Å². The maximum atomic E-state index is 14.7. The normalized spacial score (nSPS) is 15.5. The van der Waals surface area contributed by atoms with E-state index in [1.807, 2.05) is 6.07 Å². The van der Waals surface area contributed by atoms with E-state index in [-0.39, 0.29) is 58.9 Å². The number of halogens is 2. The van der Waals surface area contributed by atoms with Crippen molar-refractivity contribution >= 4 is 34.1 Å². The van der Waals surface area contributed by atoms with Gasteiger partial charge in [-0.3, -0.25) is 34.4 Å². The van der Waals surface area contributed by atoms with Crippen LogP contribution in [0.2, 0.25) is 0 Å². The van der Waals surface area contributed by atoms with E-state index in [1.165, 1.54) is 88.3 Å². The summed E-state index contributed by atoms with van der Waals surface area (Å²) in [6.45, 7) is 0.105. The Hall–Kier alpha value is -7.62. The lowest BCUT2D eigenvalue weighted by atomic mass is 9.91. The molecule has 2 aliphatic rings. The number of benzene rings is 4. The van der Waals surface area contributed by atoms with Crippen molar-refractivity contribution in [3.63, 3.8) is 0 Å². The summed E-state index contributed by atoms with van der Waals surface area (Å²) in [5.41, 5.74) is 2.24. The number of non-ortho nitro benzene ring substituents is 2. The van der Waals surface area contributed by atoms with Crippen molar-refractivity contribution in [2.75, 3.05) is 6.54 Å². The number of furan rings is 2. The van der Waals surface area contributed by atoms with Crippen LogP contribution in [0.3, 0.4) is 0 Å². The minimum Gasteiger partial charge on any atom is -0.451 e. The molecular weight excluding hydrogens is 734 g/mol. The van der Waals surface area contributed by atoms with Gasteiger partial charge in [-0.1, -0.05) is 48.5 Å². The number of para-hydroxylation sites is 1. The van der Waals surface area contributed by atoms with Crippen LogP contribution in [0, 0.1) is 20.2 Å². The summed E-state index contributed by atoms with van der Waals surface area (Å²) in [6, 6.07) is 27.5. The fourth-order valence-corrected chi connectivity index (χ4v) is 7.31. The SMILES string of the molecule is O=C(c1ccc(-c2cccc([N+](=O)[O-])c2)o1)N1CCc2c(n(C(=O)c3ccc(-c4cccc([N+](=O)[O-])c4)o3)c3ccccc23)C1c1ccc2c(c1)OC(F)(F)O2. The number of nitro groups is 2. The van der Waals surface area contributed by atoms with Gasteiger partial charge in [0.05, 0.1) is 27.1 Å². The highest BCUT2D eigenvalue weighted by molar-refractivity contribution is 6.04. The third-order valence-corrected chi connectivity index (χ3v) is 9.72. The third-order valence-electron chi connectivity index (χ3n) is 9.72. The number of nitrogens with zero attached hydrogens (tertiary/aromatic N) is 4. The van der Waals surface area contributed by atoms with Crippen molar-refractivity contribution in [3.8, 4) is 34.1 Å². The summed E-state index contributed by atoms with van der Waals surface area (Å²) in [5, 5.41) is 23.6. The van der Waals surface area contributed by atoms with E-state index in [9.17, 15) is 38.6 Å². The van der Waals surface area contributed by atoms with Crippen molar-refractivity contribution in [2.45, 2.75) is 18.8 Å². The first kappa shape index (κ1) is 34.2. The zero-order valence-corrected chi connectivity index (χ0v) is 28.6. The van der Waals surface area contributed by atoms with E-state index in [1.54, 1.807) is 30.3 Å². The molecule has 3 aromatic heterocycles. The summed E-state index contributed by atoms with van der Waals surface area (Å²) in [4.78, 5) is 52.4. The van der Waals surface area contributed by atoms with E-state index in [0.29, 0.717) is 38.9 Å². The Morgan fingerprint density at radius 3 is 1.95 bits per heavy atom. The molecular formula is C40H24F2N4O10. The molecule has 0 saturated carbocycles. The lowest BCUT2D eigenvalue weighted by Gasteiger charge is -2.36. The molecule has 0 N–H and O–H groups in total. The Morgan fingerprint density at radius 2 is 1.30 bits per heavy atom. The number of carbonyl (C=O) groups is 2. The van der Waals surface area contributed by atoms with Crippen LogP contribution in [0.1, 0.15) is 44.0 Å². The van der Waals surface area contributed by atoms with E-state index in [4.69, 9.17) is 13.6 Å². The first-order chi connectivity index (χ1) is 27.0. The van der Waals surface area contributed by atoms with Crippen molar-refractivity contribution in [3.05, 3.63) is 164 Å². The molecule has 9 rings (SSSR count). The number of aromatic nitrogens is 1. The number of fused-ring (bicyclic) bond motifs is 4. The van der Waals surface area contributed by atoms with Crippen LogP contribution in [0.15, 0.2) is 124 Å². The van der Waals surface area contributed by atoms with Crippen LogP contribution in [0.25, 0.3) is 33.6 Å². The summed E-state index contributed by atoms with van der Waals surface area (Å²) in [5.74, 6) is -1.58. The van der Waals surface area contributed by atoms with Crippen molar-refractivity contribution in [1.82, 2.24) is 9.47 Å². The van der Waals surface area contributed by atoms with E-state index < -0.39 is 34.0 Å². The highest BCUT2D eigenvalue weighted by Crippen LogP contribution is 2.47. The summed E-state index contributed by atoms with van der Waals surface area (Å²) in [6.07, 6.45) is -3.65. The molecule has 2 aliphatic heterocycles. The molecule has 0 spiro atoms. The second-order valence-electron chi connectivity index (χ2n) is 13.0. The van der Waals surface area contributed by atoms with Gasteiger partial charge in [-0.2, -0.15) is 0 Å². The van der Waals surface area contributed by atoms with Crippen molar-refractivity contribution in [2.24, 2.45) is 0 Å². The monoisotopic (exact) mass is 758 g/mol. The lowest BCUT2D eigenvalue weighted by Crippen LogP contribution is -2.41. The smallest absolute Gasteiger partial charge is 0.451 e. The quantitative estimate of drug-likeness (QED) is 0.113. The molecule has 0 radical (unpaired) electrons. The Bertz CT molecular complexity index is 2790. The van der Waals surface area contributed by atoms with Crippen LogP contribution in [0.5, 0.6) is 11.5 Å². The number of ether oxygens (including phenoxy) is 2. The first-order valence-electron chi connectivity index (χ1n) is 17.0. The first-order valence-corrected chi connectivity index (χ1v) is 17.0. The van der Waals surface area contributed by atoms with Crippen LogP contribution >= 0.6 is 0 Å². The van der Waals surface area contributed by atoms with Crippen molar-refractivity contribution < 1.29 is 46.5 Å². The number of alkyl halides is 2. The van der Waals surface area contributed by atoms with E-state index >= 15 is 0 Å². The van der Waals surface area contributed by atoms with Gasteiger partial charge in [-0.25, -0.2) is 0 Å². The molecule has 7 aromatic rings. The largest absolute Gasteiger partial charge is 0.586 e. The Morgan fingerprint density at radius 1 is 0.696 bits per heavy atom. The Kier molecular flexibility index (Phi) is 7.78. The molecule has 1 amide bonds. The van der Waals surface area contributed by atoms with Gasteiger partial charge in [-0.05, 0) is 60.0 Å². The Labute approximate surface area is 313 Å². The fraction of sp³-hybridized carbons (Fsp3) is 0.100.